The van der Waals surface area contributed by atoms with Gasteiger partial charge in [0.2, 0.25) is 5.69 Å². The Kier molecular flexibility index (Phi) is 7.75. The number of amides is 1. The first-order valence-electron chi connectivity index (χ1n) is 11.4. The molecule has 2 aromatic carbocycles. The number of ether oxygens (including phenoxy) is 1. The van der Waals surface area contributed by atoms with E-state index in [1.807, 2.05) is 66.7 Å². The number of rotatable bonds is 9. The number of nitriles is 1. The predicted octanol–water partition coefficient (Wildman–Crippen LogP) is 5.03. The topological polar surface area (TPSA) is 150 Å². The fraction of sp³-hybridized carbons (Fsp3) is 0.148. The number of aliphatic carboxylic acids is 1. The smallest absolute Gasteiger partial charge is 0.412 e. The SMILES string of the molecule is CC(OC(=O)Nc1c(C#N)noc1-c1ccc(NC(Cc2ccccc2)C(=O)O)nc1)c1ccccc1. The van der Waals surface area contributed by atoms with E-state index >= 15 is 0 Å². The van der Waals surface area contributed by atoms with Gasteiger partial charge in [-0.1, -0.05) is 65.8 Å². The molecule has 2 heterocycles. The van der Waals surface area contributed by atoms with Crippen LogP contribution in [-0.4, -0.2) is 33.4 Å². The van der Waals surface area contributed by atoms with Crippen molar-refractivity contribution in [2.24, 2.45) is 0 Å². The molecule has 0 saturated carbocycles. The number of nitrogens with zero attached hydrogens (tertiary/aromatic N) is 3. The van der Waals surface area contributed by atoms with Crippen LogP contribution >= 0.6 is 0 Å². The molecule has 0 spiro atoms. The molecule has 0 aliphatic carbocycles. The van der Waals surface area contributed by atoms with Crippen LogP contribution in [0.2, 0.25) is 0 Å². The van der Waals surface area contributed by atoms with Crippen LogP contribution in [0.25, 0.3) is 11.3 Å². The van der Waals surface area contributed by atoms with Gasteiger partial charge in [-0.3, -0.25) is 5.32 Å². The van der Waals surface area contributed by atoms with E-state index in [1.54, 1.807) is 19.1 Å². The highest BCUT2D eigenvalue weighted by atomic mass is 16.6. The number of hydrogen-bond acceptors (Lipinski definition) is 8. The average Bonchev–Trinajstić information content (AvgIpc) is 3.32. The molecule has 4 aromatic rings. The molecule has 10 nitrogen and oxygen atoms in total. The normalized spacial score (nSPS) is 12.1. The maximum atomic E-state index is 12.5. The molecule has 4 rings (SSSR count). The quantitative estimate of drug-likeness (QED) is 0.289. The molecule has 0 aliphatic rings. The molecule has 3 N–H and O–H groups in total. The summed E-state index contributed by atoms with van der Waals surface area (Å²) in [5, 5.41) is 28.2. The number of carboxylic acids is 1. The molecular weight excluding hydrogens is 474 g/mol. The highest BCUT2D eigenvalue weighted by Crippen LogP contribution is 2.31. The second kappa shape index (κ2) is 11.5. The number of benzene rings is 2. The summed E-state index contributed by atoms with van der Waals surface area (Å²) in [5.41, 5.74) is 2.01. The zero-order chi connectivity index (χ0) is 26.2. The summed E-state index contributed by atoms with van der Waals surface area (Å²) in [6, 6.07) is 22.6. The molecule has 1 amide bonds. The lowest BCUT2D eigenvalue weighted by Gasteiger charge is -2.15. The van der Waals surface area contributed by atoms with Crippen LogP contribution < -0.4 is 10.6 Å². The molecule has 0 bridgehead atoms. The average molecular weight is 498 g/mol. The third kappa shape index (κ3) is 6.29. The Morgan fingerprint density at radius 2 is 1.78 bits per heavy atom. The minimum atomic E-state index is -1.02. The van der Waals surface area contributed by atoms with Crippen LogP contribution in [0.4, 0.5) is 16.3 Å². The van der Waals surface area contributed by atoms with Crippen molar-refractivity contribution in [2.45, 2.75) is 25.5 Å². The van der Waals surface area contributed by atoms with Crippen molar-refractivity contribution in [1.29, 1.82) is 5.26 Å². The summed E-state index contributed by atoms with van der Waals surface area (Å²) in [6.07, 6.45) is 0.383. The van der Waals surface area contributed by atoms with E-state index < -0.39 is 24.2 Å². The first kappa shape index (κ1) is 24.9. The van der Waals surface area contributed by atoms with Crippen molar-refractivity contribution in [3.63, 3.8) is 0 Å². The Morgan fingerprint density at radius 3 is 2.41 bits per heavy atom. The maximum absolute atomic E-state index is 12.5. The molecule has 0 saturated heterocycles. The van der Waals surface area contributed by atoms with E-state index in [-0.39, 0.29) is 23.6 Å². The van der Waals surface area contributed by atoms with Crippen LogP contribution in [0.15, 0.2) is 83.5 Å². The molecule has 37 heavy (non-hydrogen) atoms. The molecule has 186 valence electrons. The lowest BCUT2D eigenvalue weighted by atomic mass is 10.1. The number of aromatic nitrogens is 2. The van der Waals surface area contributed by atoms with E-state index in [0.717, 1.165) is 11.1 Å². The van der Waals surface area contributed by atoms with Gasteiger partial charge in [-0.15, -0.1) is 0 Å². The predicted molar refractivity (Wildman–Crippen MR) is 135 cm³/mol. The van der Waals surface area contributed by atoms with Gasteiger partial charge in [-0.2, -0.15) is 5.26 Å². The largest absolute Gasteiger partial charge is 0.480 e. The van der Waals surface area contributed by atoms with Gasteiger partial charge >= 0.3 is 12.1 Å². The number of carboxylic acid groups (broad SMARTS) is 1. The number of hydrogen-bond donors (Lipinski definition) is 3. The molecule has 2 aromatic heterocycles. The summed E-state index contributed by atoms with van der Waals surface area (Å²) in [6.45, 7) is 1.73. The number of carbonyl (C=O) groups is 2. The maximum Gasteiger partial charge on any atom is 0.412 e. The summed E-state index contributed by atoms with van der Waals surface area (Å²) in [7, 11) is 0. The second-order valence-electron chi connectivity index (χ2n) is 8.09. The zero-order valence-electron chi connectivity index (χ0n) is 19.8. The Labute approximate surface area is 212 Å². The van der Waals surface area contributed by atoms with Crippen LogP contribution in [0.1, 0.15) is 29.8 Å². The van der Waals surface area contributed by atoms with Gasteiger partial charge in [0, 0.05) is 18.2 Å². The zero-order valence-corrected chi connectivity index (χ0v) is 19.8. The first-order chi connectivity index (χ1) is 17.9. The van der Waals surface area contributed by atoms with Gasteiger partial charge in [0.25, 0.3) is 0 Å². The van der Waals surface area contributed by atoms with Crippen LogP contribution in [-0.2, 0) is 16.0 Å². The fourth-order valence-corrected chi connectivity index (χ4v) is 3.61. The molecule has 10 heteroatoms. The van der Waals surface area contributed by atoms with Gasteiger partial charge in [0.05, 0.1) is 0 Å². The van der Waals surface area contributed by atoms with E-state index in [0.29, 0.717) is 11.4 Å². The number of anilines is 2. The Morgan fingerprint density at radius 1 is 1.08 bits per heavy atom. The van der Waals surface area contributed by atoms with Crippen molar-refractivity contribution in [3.8, 4) is 17.4 Å². The minimum Gasteiger partial charge on any atom is -0.480 e. The van der Waals surface area contributed by atoms with Crippen molar-refractivity contribution in [1.82, 2.24) is 10.1 Å². The van der Waals surface area contributed by atoms with E-state index in [4.69, 9.17) is 9.26 Å². The Balaban J connectivity index is 1.48. The molecule has 2 atom stereocenters. The standard InChI is InChI=1S/C27H23N5O5/c1-17(19-10-6-3-7-11-19)36-27(35)31-24-22(15-28)32-37-25(24)20-12-13-23(29-16-20)30-21(26(33)34)14-18-8-4-2-5-9-18/h2-13,16-17,21H,14H2,1H3,(H,29,30)(H,31,35)(H,33,34). The van der Waals surface area contributed by atoms with Crippen molar-refractivity contribution in [2.75, 3.05) is 10.6 Å². The van der Waals surface area contributed by atoms with Gasteiger partial charge in [0.15, 0.2) is 5.76 Å². The summed E-state index contributed by atoms with van der Waals surface area (Å²) < 4.78 is 10.7. The van der Waals surface area contributed by atoms with E-state index in [9.17, 15) is 20.0 Å². The van der Waals surface area contributed by atoms with Gasteiger partial charge in [-0.05, 0) is 30.2 Å². The minimum absolute atomic E-state index is 0.0442. The highest BCUT2D eigenvalue weighted by molar-refractivity contribution is 5.91. The summed E-state index contributed by atoms with van der Waals surface area (Å²) in [4.78, 5) is 28.6. The van der Waals surface area contributed by atoms with Crippen LogP contribution in [0.5, 0.6) is 0 Å². The highest BCUT2D eigenvalue weighted by Gasteiger charge is 2.23. The van der Waals surface area contributed by atoms with Gasteiger partial charge in [0.1, 0.15) is 29.7 Å². The van der Waals surface area contributed by atoms with Crippen LogP contribution in [0.3, 0.4) is 0 Å². The third-order valence-electron chi connectivity index (χ3n) is 5.51. The third-order valence-corrected chi connectivity index (χ3v) is 5.51. The lowest BCUT2D eigenvalue weighted by Crippen LogP contribution is -2.31. The Hall–Kier alpha value is -5.17. The van der Waals surface area contributed by atoms with Crippen molar-refractivity contribution < 1.29 is 24.0 Å². The van der Waals surface area contributed by atoms with Crippen LogP contribution in [0, 0.1) is 11.3 Å². The number of nitrogens with one attached hydrogen (secondary N) is 2. The molecule has 0 fully saturated rings. The molecule has 0 aliphatic heterocycles. The second-order valence-corrected chi connectivity index (χ2v) is 8.09. The van der Waals surface area contributed by atoms with Gasteiger partial charge in [-0.25, -0.2) is 14.6 Å². The molecule has 2 unspecified atom stereocenters. The first-order valence-corrected chi connectivity index (χ1v) is 11.4. The Bertz CT molecular complexity index is 1400. The van der Waals surface area contributed by atoms with Gasteiger partial charge < -0.3 is 19.7 Å². The number of pyridine rings is 1. The van der Waals surface area contributed by atoms with Crippen molar-refractivity contribution >= 4 is 23.6 Å². The summed E-state index contributed by atoms with van der Waals surface area (Å²) >= 11 is 0. The fourth-order valence-electron chi connectivity index (χ4n) is 3.61. The number of carbonyl (C=O) groups excluding carboxylic acids is 1. The lowest BCUT2D eigenvalue weighted by molar-refractivity contribution is -0.137. The molecular formula is C27H23N5O5. The van der Waals surface area contributed by atoms with Crippen molar-refractivity contribution in [3.05, 3.63) is 95.8 Å². The van der Waals surface area contributed by atoms with E-state index in [2.05, 4.69) is 20.8 Å². The summed E-state index contributed by atoms with van der Waals surface area (Å²) in [5.74, 6) is -0.574. The molecule has 0 radical (unpaired) electrons. The monoisotopic (exact) mass is 497 g/mol. The van der Waals surface area contributed by atoms with E-state index in [1.165, 1.54) is 6.20 Å².